The maximum atomic E-state index is 13.4. The van der Waals surface area contributed by atoms with Crippen LogP contribution in [-0.4, -0.2) is 25.2 Å². The summed E-state index contributed by atoms with van der Waals surface area (Å²) in [4.78, 5) is 1.88. The van der Waals surface area contributed by atoms with Crippen LogP contribution in [0.25, 0.3) is 0 Å². The third kappa shape index (κ3) is 2.44. The van der Waals surface area contributed by atoms with E-state index >= 15 is 0 Å². The molecule has 1 aliphatic rings. The van der Waals surface area contributed by atoms with E-state index in [0.717, 1.165) is 13.1 Å². The van der Waals surface area contributed by atoms with Crippen molar-refractivity contribution in [2.45, 2.75) is 25.9 Å². The van der Waals surface area contributed by atoms with Crippen molar-refractivity contribution < 1.29 is 8.78 Å². The number of hydrogen-bond donors (Lipinski definition) is 1. The second-order valence-electron chi connectivity index (χ2n) is 4.82. The van der Waals surface area contributed by atoms with Gasteiger partial charge >= 0.3 is 0 Å². The van der Waals surface area contributed by atoms with Crippen LogP contribution in [0.15, 0.2) is 12.1 Å². The fraction of sp³-hybridized carbons (Fsp3) is 0.462. The molecule has 0 aliphatic carbocycles. The van der Waals surface area contributed by atoms with Gasteiger partial charge in [-0.3, -0.25) is 0 Å². The molecule has 18 heavy (non-hydrogen) atoms. The molecule has 96 valence electrons. The Labute approximate surface area is 105 Å². The number of nitrogens with one attached hydrogen (secondary N) is 1. The molecule has 1 saturated heterocycles. The summed E-state index contributed by atoms with van der Waals surface area (Å²) in [5.74, 6) is -1.60. The molecule has 0 aromatic heterocycles. The van der Waals surface area contributed by atoms with Gasteiger partial charge in [0, 0.05) is 30.9 Å². The van der Waals surface area contributed by atoms with Crippen LogP contribution < -0.4 is 10.2 Å². The van der Waals surface area contributed by atoms with Crippen LogP contribution in [0.4, 0.5) is 14.5 Å². The Morgan fingerprint density at radius 2 is 1.89 bits per heavy atom. The molecule has 0 atom stereocenters. The normalized spacial score (nSPS) is 15.7. The predicted molar refractivity (Wildman–Crippen MR) is 65.3 cm³/mol. The van der Waals surface area contributed by atoms with Crippen molar-refractivity contribution in [3.8, 4) is 6.07 Å². The van der Waals surface area contributed by atoms with Crippen LogP contribution >= 0.6 is 0 Å². The fourth-order valence-electron chi connectivity index (χ4n) is 2.12. The Bertz CT molecular complexity index is 464. The van der Waals surface area contributed by atoms with Crippen LogP contribution in [0, 0.1) is 23.0 Å². The molecular formula is C13H15F2N3. The number of rotatable bonds is 3. The van der Waals surface area contributed by atoms with Gasteiger partial charge in [0.25, 0.3) is 0 Å². The molecule has 0 bridgehead atoms. The maximum absolute atomic E-state index is 13.4. The van der Waals surface area contributed by atoms with Gasteiger partial charge in [0.05, 0.1) is 0 Å². The van der Waals surface area contributed by atoms with Gasteiger partial charge in [-0.1, -0.05) is 13.8 Å². The summed E-state index contributed by atoms with van der Waals surface area (Å²) in [5, 5.41) is 11.9. The zero-order valence-electron chi connectivity index (χ0n) is 10.4. The Morgan fingerprint density at radius 1 is 1.33 bits per heavy atom. The highest BCUT2D eigenvalue weighted by Gasteiger charge is 2.28. The van der Waals surface area contributed by atoms with E-state index in [4.69, 9.17) is 5.26 Å². The average molecular weight is 251 g/mol. The van der Waals surface area contributed by atoms with E-state index in [1.807, 2.05) is 4.90 Å². The summed E-state index contributed by atoms with van der Waals surface area (Å²) in [6, 6.07) is 4.70. The Balaban J connectivity index is 2.07. The van der Waals surface area contributed by atoms with Crippen LogP contribution in [0.5, 0.6) is 0 Å². The lowest BCUT2D eigenvalue weighted by Gasteiger charge is -2.42. The summed E-state index contributed by atoms with van der Waals surface area (Å²) < 4.78 is 26.9. The number of hydrogen-bond acceptors (Lipinski definition) is 3. The van der Waals surface area contributed by atoms with Crippen molar-refractivity contribution in [3.05, 3.63) is 29.3 Å². The predicted octanol–water partition coefficient (Wildman–Crippen LogP) is 2.02. The number of nitrogens with zero attached hydrogens (tertiary/aromatic N) is 2. The van der Waals surface area contributed by atoms with Crippen LogP contribution in [0.1, 0.15) is 19.4 Å². The minimum absolute atomic E-state index is 0.353. The molecule has 0 saturated carbocycles. The van der Waals surface area contributed by atoms with Crippen molar-refractivity contribution in [2.75, 3.05) is 18.0 Å². The van der Waals surface area contributed by atoms with Gasteiger partial charge in [-0.25, -0.2) is 8.78 Å². The SMILES string of the molecule is CC(C)NC1CN(c2cc(F)c(C#N)c(F)c2)C1. The Hall–Kier alpha value is -1.67. The molecule has 3 nitrogen and oxygen atoms in total. The zero-order valence-corrected chi connectivity index (χ0v) is 10.4. The summed E-state index contributed by atoms with van der Waals surface area (Å²) >= 11 is 0. The minimum Gasteiger partial charge on any atom is -0.368 e. The molecule has 0 unspecified atom stereocenters. The smallest absolute Gasteiger partial charge is 0.146 e. The molecule has 0 amide bonds. The fourth-order valence-corrected chi connectivity index (χ4v) is 2.12. The van der Waals surface area contributed by atoms with Gasteiger partial charge in [0.1, 0.15) is 23.3 Å². The first-order valence-electron chi connectivity index (χ1n) is 5.91. The number of anilines is 1. The van der Waals surface area contributed by atoms with E-state index in [2.05, 4.69) is 19.2 Å². The molecule has 1 heterocycles. The first-order chi connectivity index (χ1) is 8.51. The largest absolute Gasteiger partial charge is 0.368 e. The molecule has 1 aliphatic heterocycles. The number of nitriles is 1. The summed E-state index contributed by atoms with van der Waals surface area (Å²) in [6.45, 7) is 5.57. The van der Waals surface area contributed by atoms with E-state index in [9.17, 15) is 8.78 Å². The van der Waals surface area contributed by atoms with E-state index in [1.54, 1.807) is 0 Å². The van der Waals surface area contributed by atoms with Crippen molar-refractivity contribution in [2.24, 2.45) is 0 Å². The van der Waals surface area contributed by atoms with Gasteiger partial charge in [0.2, 0.25) is 0 Å². The van der Waals surface area contributed by atoms with Crippen molar-refractivity contribution >= 4 is 5.69 Å². The van der Waals surface area contributed by atoms with Gasteiger partial charge in [-0.05, 0) is 12.1 Å². The monoisotopic (exact) mass is 251 g/mol. The molecule has 1 aromatic rings. The molecule has 1 N–H and O–H groups in total. The van der Waals surface area contributed by atoms with Crippen molar-refractivity contribution in [1.29, 1.82) is 5.26 Å². The lowest BCUT2D eigenvalue weighted by molar-refractivity contribution is 0.388. The topological polar surface area (TPSA) is 39.1 Å². The van der Waals surface area contributed by atoms with Gasteiger partial charge < -0.3 is 10.2 Å². The number of halogens is 2. The Kier molecular flexibility index (Phi) is 3.48. The third-order valence-electron chi connectivity index (χ3n) is 2.95. The van der Waals surface area contributed by atoms with Crippen molar-refractivity contribution in [3.63, 3.8) is 0 Å². The van der Waals surface area contributed by atoms with E-state index in [1.165, 1.54) is 18.2 Å². The lowest BCUT2D eigenvalue weighted by Crippen LogP contribution is -2.59. The molecule has 0 spiro atoms. The highest BCUT2D eigenvalue weighted by molar-refractivity contribution is 5.53. The minimum atomic E-state index is -0.798. The molecular weight excluding hydrogens is 236 g/mol. The first kappa shape index (κ1) is 12.8. The van der Waals surface area contributed by atoms with Crippen LogP contribution in [-0.2, 0) is 0 Å². The van der Waals surface area contributed by atoms with Gasteiger partial charge in [-0.15, -0.1) is 0 Å². The van der Waals surface area contributed by atoms with Gasteiger partial charge in [-0.2, -0.15) is 5.26 Å². The molecule has 0 radical (unpaired) electrons. The quantitative estimate of drug-likeness (QED) is 0.893. The highest BCUT2D eigenvalue weighted by atomic mass is 19.1. The Morgan fingerprint density at radius 3 is 2.33 bits per heavy atom. The lowest BCUT2D eigenvalue weighted by atomic mass is 10.1. The highest BCUT2D eigenvalue weighted by Crippen LogP contribution is 2.25. The van der Waals surface area contributed by atoms with Gasteiger partial charge in [0.15, 0.2) is 0 Å². The van der Waals surface area contributed by atoms with Crippen LogP contribution in [0.3, 0.4) is 0 Å². The van der Waals surface area contributed by atoms with Crippen LogP contribution in [0.2, 0.25) is 0 Å². The molecule has 1 fully saturated rings. The van der Waals surface area contributed by atoms with E-state index in [0.29, 0.717) is 17.8 Å². The molecule has 5 heteroatoms. The average Bonchev–Trinajstić information content (AvgIpc) is 2.22. The van der Waals surface area contributed by atoms with E-state index in [-0.39, 0.29) is 0 Å². The van der Waals surface area contributed by atoms with E-state index < -0.39 is 17.2 Å². The van der Waals surface area contributed by atoms with Crippen molar-refractivity contribution in [1.82, 2.24) is 5.32 Å². The number of benzene rings is 1. The zero-order chi connectivity index (χ0) is 13.3. The second-order valence-corrected chi connectivity index (χ2v) is 4.82. The summed E-state index contributed by atoms with van der Waals surface area (Å²) in [6.07, 6.45) is 0. The first-order valence-corrected chi connectivity index (χ1v) is 5.91. The molecule has 2 rings (SSSR count). The summed E-state index contributed by atoms with van der Waals surface area (Å²) in [7, 11) is 0. The summed E-state index contributed by atoms with van der Waals surface area (Å²) in [5.41, 5.74) is -0.0260. The third-order valence-corrected chi connectivity index (χ3v) is 2.95. The second kappa shape index (κ2) is 4.91. The maximum Gasteiger partial charge on any atom is 0.146 e. The standard InChI is InChI=1S/C13H15F2N3/c1-8(2)17-9-6-18(7-9)10-3-12(14)11(5-16)13(15)4-10/h3-4,8-9,17H,6-7H2,1-2H3. The molecule has 1 aromatic carbocycles.